The molecule has 90 valence electrons. The van der Waals surface area contributed by atoms with Gasteiger partial charge in [-0.25, -0.2) is 4.98 Å². The van der Waals surface area contributed by atoms with Crippen LogP contribution in [0.1, 0.15) is 32.0 Å². The Bertz CT molecular complexity index is 352. The van der Waals surface area contributed by atoms with Crippen molar-refractivity contribution < 1.29 is 9.90 Å². The van der Waals surface area contributed by atoms with Crippen molar-refractivity contribution in [3.8, 4) is 0 Å². The summed E-state index contributed by atoms with van der Waals surface area (Å²) in [6.45, 7) is 5.14. The Labute approximate surface area is 98.7 Å². The predicted octanol–water partition coefficient (Wildman–Crippen LogP) is 1.69. The molecule has 1 rings (SSSR count). The Morgan fingerprint density at radius 3 is 2.94 bits per heavy atom. The standard InChI is InChI=1S/C10H17N3O2S/c1-6(2)3-4-12-10-13-7(5-16-10)8(11)9(14)15/h5-6,8H,3-4,11H2,1-2H3,(H,12,13)(H,14,15). The number of nitrogens with one attached hydrogen (secondary N) is 1. The van der Waals surface area contributed by atoms with Gasteiger partial charge in [0.15, 0.2) is 5.13 Å². The number of nitrogens with zero attached hydrogens (tertiary/aromatic N) is 1. The second kappa shape index (κ2) is 5.81. The van der Waals surface area contributed by atoms with E-state index < -0.39 is 12.0 Å². The summed E-state index contributed by atoms with van der Waals surface area (Å²) >= 11 is 1.38. The summed E-state index contributed by atoms with van der Waals surface area (Å²) in [5.41, 5.74) is 5.85. The van der Waals surface area contributed by atoms with E-state index in [0.717, 1.165) is 18.1 Å². The number of carboxylic acid groups (broad SMARTS) is 1. The zero-order valence-corrected chi connectivity index (χ0v) is 10.3. The molecular weight excluding hydrogens is 226 g/mol. The number of carboxylic acids is 1. The van der Waals surface area contributed by atoms with E-state index in [4.69, 9.17) is 10.8 Å². The molecule has 0 spiro atoms. The van der Waals surface area contributed by atoms with Crippen LogP contribution in [0, 0.1) is 5.92 Å². The average molecular weight is 243 g/mol. The Morgan fingerprint density at radius 1 is 1.69 bits per heavy atom. The van der Waals surface area contributed by atoms with Crippen LogP contribution in [0.5, 0.6) is 0 Å². The fourth-order valence-electron chi connectivity index (χ4n) is 1.10. The van der Waals surface area contributed by atoms with Gasteiger partial charge in [-0.1, -0.05) is 13.8 Å². The minimum absolute atomic E-state index is 0.407. The minimum Gasteiger partial charge on any atom is -0.480 e. The molecule has 5 nitrogen and oxygen atoms in total. The highest BCUT2D eigenvalue weighted by Crippen LogP contribution is 2.19. The number of anilines is 1. The largest absolute Gasteiger partial charge is 0.480 e. The molecule has 0 saturated carbocycles. The van der Waals surface area contributed by atoms with Gasteiger partial charge in [-0.2, -0.15) is 0 Å². The van der Waals surface area contributed by atoms with E-state index in [1.807, 2.05) is 0 Å². The van der Waals surface area contributed by atoms with Gasteiger partial charge in [-0.05, 0) is 12.3 Å². The molecular formula is C10H17N3O2S. The van der Waals surface area contributed by atoms with Crippen LogP contribution in [0.2, 0.25) is 0 Å². The van der Waals surface area contributed by atoms with Gasteiger partial charge in [0.1, 0.15) is 6.04 Å². The van der Waals surface area contributed by atoms with Crippen LogP contribution in [0.15, 0.2) is 5.38 Å². The second-order valence-electron chi connectivity index (χ2n) is 4.00. The fourth-order valence-corrected chi connectivity index (χ4v) is 1.88. The summed E-state index contributed by atoms with van der Waals surface area (Å²) in [4.78, 5) is 14.8. The summed E-state index contributed by atoms with van der Waals surface area (Å²) in [7, 11) is 0. The molecule has 1 aromatic heterocycles. The molecule has 1 aromatic rings. The van der Waals surface area contributed by atoms with E-state index in [9.17, 15) is 4.79 Å². The third kappa shape index (κ3) is 3.79. The van der Waals surface area contributed by atoms with Crippen LogP contribution < -0.4 is 11.1 Å². The number of nitrogens with two attached hydrogens (primary N) is 1. The van der Waals surface area contributed by atoms with Gasteiger partial charge < -0.3 is 16.2 Å². The molecule has 0 saturated heterocycles. The van der Waals surface area contributed by atoms with E-state index in [1.165, 1.54) is 11.3 Å². The van der Waals surface area contributed by atoms with Crippen molar-refractivity contribution in [2.24, 2.45) is 11.7 Å². The number of thiazole rings is 1. The topological polar surface area (TPSA) is 88.2 Å². The molecule has 0 aliphatic rings. The van der Waals surface area contributed by atoms with Gasteiger partial charge >= 0.3 is 5.97 Å². The maximum atomic E-state index is 10.6. The first-order valence-electron chi connectivity index (χ1n) is 5.18. The van der Waals surface area contributed by atoms with Crippen LogP contribution in [0.3, 0.4) is 0 Å². The smallest absolute Gasteiger partial charge is 0.326 e. The minimum atomic E-state index is -1.06. The number of rotatable bonds is 6. The molecule has 16 heavy (non-hydrogen) atoms. The number of aromatic nitrogens is 1. The number of carbonyl (C=O) groups is 1. The first-order chi connectivity index (χ1) is 7.50. The molecule has 4 N–H and O–H groups in total. The van der Waals surface area contributed by atoms with Crippen molar-refractivity contribution in [1.29, 1.82) is 0 Å². The molecule has 1 heterocycles. The van der Waals surface area contributed by atoms with Gasteiger partial charge in [-0.3, -0.25) is 4.79 Å². The SMILES string of the molecule is CC(C)CCNc1nc(C(N)C(=O)O)cs1. The predicted molar refractivity (Wildman–Crippen MR) is 64.6 cm³/mol. The first kappa shape index (κ1) is 12.9. The Hall–Kier alpha value is -1.14. The summed E-state index contributed by atoms with van der Waals surface area (Å²) in [6, 6.07) is -1.03. The van der Waals surface area contributed by atoms with E-state index in [1.54, 1.807) is 5.38 Å². The summed E-state index contributed by atoms with van der Waals surface area (Å²) in [5, 5.41) is 14.3. The monoisotopic (exact) mass is 243 g/mol. The summed E-state index contributed by atoms with van der Waals surface area (Å²) in [5.74, 6) is -0.424. The van der Waals surface area contributed by atoms with Crippen LogP contribution >= 0.6 is 11.3 Å². The van der Waals surface area contributed by atoms with E-state index >= 15 is 0 Å². The molecule has 1 unspecified atom stereocenters. The lowest BCUT2D eigenvalue weighted by molar-refractivity contribution is -0.138. The lowest BCUT2D eigenvalue weighted by atomic mass is 10.1. The molecule has 0 aliphatic carbocycles. The van der Waals surface area contributed by atoms with Crippen LogP contribution in [-0.4, -0.2) is 22.6 Å². The third-order valence-electron chi connectivity index (χ3n) is 2.10. The molecule has 0 bridgehead atoms. The molecule has 0 aromatic carbocycles. The third-order valence-corrected chi connectivity index (χ3v) is 2.92. The molecule has 0 radical (unpaired) electrons. The van der Waals surface area contributed by atoms with Gasteiger partial charge in [-0.15, -0.1) is 11.3 Å². The normalized spacial score (nSPS) is 12.8. The fraction of sp³-hybridized carbons (Fsp3) is 0.600. The summed E-state index contributed by atoms with van der Waals surface area (Å²) < 4.78 is 0. The van der Waals surface area contributed by atoms with E-state index in [0.29, 0.717) is 11.6 Å². The van der Waals surface area contributed by atoms with Gasteiger partial charge in [0.2, 0.25) is 0 Å². The lowest BCUT2D eigenvalue weighted by Crippen LogP contribution is -2.20. The quantitative estimate of drug-likeness (QED) is 0.707. The highest BCUT2D eigenvalue weighted by molar-refractivity contribution is 7.13. The van der Waals surface area contributed by atoms with Gasteiger partial charge in [0.25, 0.3) is 0 Å². The van der Waals surface area contributed by atoms with Crippen molar-refractivity contribution in [2.45, 2.75) is 26.3 Å². The second-order valence-corrected chi connectivity index (χ2v) is 4.86. The van der Waals surface area contributed by atoms with Crippen LogP contribution in [0.4, 0.5) is 5.13 Å². The highest BCUT2D eigenvalue weighted by Gasteiger charge is 2.17. The summed E-state index contributed by atoms with van der Waals surface area (Å²) in [6.07, 6.45) is 1.06. The Morgan fingerprint density at radius 2 is 2.38 bits per heavy atom. The number of hydrogen-bond donors (Lipinski definition) is 3. The molecule has 0 amide bonds. The highest BCUT2D eigenvalue weighted by atomic mass is 32.1. The van der Waals surface area contributed by atoms with Gasteiger partial charge in [0, 0.05) is 11.9 Å². The Kier molecular flexibility index (Phi) is 4.70. The number of aliphatic carboxylic acids is 1. The molecule has 0 aliphatic heterocycles. The number of hydrogen-bond acceptors (Lipinski definition) is 5. The maximum Gasteiger partial charge on any atom is 0.326 e. The van der Waals surface area contributed by atoms with Crippen molar-refractivity contribution in [3.05, 3.63) is 11.1 Å². The van der Waals surface area contributed by atoms with Crippen molar-refractivity contribution in [2.75, 3.05) is 11.9 Å². The van der Waals surface area contributed by atoms with Crippen molar-refractivity contribution in [3.63, 3.8) is 0 Å². The molecule has 1 atom stereocenters. The zero-order chi connectivity index (χ0) is 12.1. The first-order valence-corrected chi connectivity index (χ1v) is 6.06. The van der Waals surface area contributed by atoms with E-state index in [2.05, 4.69) is 24.1 Å². The lowest BCUT2D eigenvalue weighted by Gasteiger charge is -2.05. The van der Waals surface area contributed by atoms with Gasteiger partial charge in [0.05, 0.1) is 5.69 Å². The maximum absolute atomic E-state index is 10.6. The van der Waals surface area contributed by atoms with Crippen LogP contribution in [0.25, 0.3) is 0 Å². The average Bonchev–Trinajstić information content (AvgIpc) is 2.64. The molecule has 0 fully saturated rings. The Balaban J connectivity index is 2.48. The zero-order valence-electron chi connectivity index (χ0n) is 9.43. The van der Waals surface area contributed by atoms with Crippen molar-refractivity contribution >= 4 is 22.4 Å². The van der Waals surface area contributed by atoms with E-state index in [-0.39, 0.29) is 0 Å². The van der Waals surface area contributed by atoms with Crippen LogP contribution in [-0.2, 0) is 4.79 Å². The molecule has 6 heteroatoms. The van der Waals surface area contributed by atoms with Crippen molar-refractivity contribution in [1.82, 2.24) is 4.98 Å².